The van der Waals surface area contributed by atoms with Crippen LogP contribution in [0.1, 0.15) is 5.56 Å². The van der Waals surface area contributed by atoms with Gasteiger partial charge in [-0.15, -0.1) is 0 Å². The number of nitrogens with zero attached hydrogens (tertiary/aromatic N) is 2. The van der Waals surface area contributed by atoms with Crippen LogP contribution >= 0.6 is 15.9 Å². The minimum Gasteiger partial charge on any atom is -0.315 e. The monoisotopic (exact) mass is 341 g/mol. The van der Waals surface area contributed by atoms with Gasteiger partial charge in [0.25, 0.3) is 0 Å². The van der Waals surface area contributed by atoms with Crippen LogP contribution in [-0.2, 0) is 0 Å². The topological polar surface area (TPSA) is 51.0 Å². The van der Waals surface area contributed by atoms with E-state index in [2.05, 4.69) is 31.4 Å². The first-order valence-electron chi connectivity index (χ1n) is 6.39. The van der Waals surface area contributed by atoms with Crippen LogP contribution in [0.3, 0.4) is 0 Å². The molecule has 0 radical (unpaired) electrons. The minimum atomic E-state index is 0.363. The van der Waals surface area contributed by atoms with Gasteiger partial charge in [0.05, 0.1) is 0 Å². The third-order valence-electron chi connectivity index (χ3n) is 2.81. The first-order chi connectivity index (χ1) is 10.3. The Balaban J connectivity index is 1.66. The Kier molecular flexibility index (Phi) is 4.12. The highest BCUT2D eigenvalue weighted by molar-refractivity contribution is 9.10. The molecular weight excluding hydrogens is 330 g/mol. The minimum absolute atomic E-state index is 0.363. The number of rotatable bonds is 4. The van der Waals surface area contributed by atoms with E-state index in [1.54, 1.807) is 6.20 Å². The van der Waals surface area contributed by atoms with Crippen molar-refractivity contribution in [2.45, 2.75) is 0 Å². The van der Waals surface area contributed by atoms with Gasteiger partial charge in [0.15, 0.2) is 0 Å². The van der Waals surface area contributed by atoms with E-state index in [1.165, 1.54) is 0 Å². The fraction of sp³-hybridized carbons (Fsp3) is 0. The SMILES string of the molecule is Brc1ccc(C=CNc2nc(-c3ccccc3)no2)cc1. The average molecular weight is 342 g/mol. The summed E-state index contributed by atoms with van der Waals surface area (Å²) in [5.74, 6) is 0.565. The molecule has 0 saturated carbocycles. The predicted molar refractivity (Wildman–Crippen MR) is 86.5 cm³/mol. The van der Waals surface area contributed by atoms with Gasteiger partial charge in [-0.05, 0) is 23.8 Å². The predicted octanol–water partition coefficient (Wildman–Crippen LogP) is 4.58. The van der Waals surface area contributed by atoms with Crippen molar-refractivity contribution in [2.24, 2.45) is 0 Å². The highest BCUT2D eigenvalue weighted by atomic mass is 79.9. The molecule has 0 spiro atoms. The Morgan fingerprint density at radius 2 is 1.76 bits per heavy atom. The van der Waals surface area contributed by atoms with E-state index < -0.39 is 0 Å². The quantitative estimate of drug-likeness (QED) is 0.754. The number of hydrogen-bond donors (Lipinski definition) is 1. The second kappa shape index (κ2) is 6.37. The molecule has 0 bridgehead atoms. The van der Waals surface area contributed by atoms with Crippen molar-refractivity contribution in [1.82, 2.24) is 10.1 Å². The fourth-order valence-corrected chi connectivity index (χ4v) is 2.03. The third-order valence-corrected chi connectivity index (χ3v) is 3.34. The number of benzene rings is 2. The molecule has 0 saturated heterocycles. The van der Waals surface area contributed by atoms with Crippen LogP contribution in [0.2, 0.25) is 0 Å². The van der Waals surface area contributed by atoms with Gasteiger partial charge in [-0.1, -0.05) is 63.6 Å². The van der Waals surface area contributed by atoms with E-state index >= 15 is 0 Å². The van der Waals surface area contributed by atoms with Gasteiger partial charge in [0.2, 0.25) is 5.82 Å². The van der Waals surface area contributed by atoms with Crippen molar-refractivity contribution in [1.29, 1.82) is 0 Å². The summed E-state index contributed by atoms with van der Waals surface area (Å²) in [6.45, 7) is 0. The van der Waals surface area contributed by atoms with E-state index in [1.807, 2.05) is 60.7 Å². The van der Waals surface area contributed by atoms with Crippen LogP contribution in [0.25, 0.3) is 17.5 Å². The van der Waals surface area contributed by atoms with Crippen LogP contribution in [0.4, 0.5) is 6.01 Å². The lowest BCUT2D eigenvalue weighted by Crippen LogP contribution is -1.87. The molecule has 0 aliphatic carbocycles. The summed E-state index contributed by atoms with van der Waals surface area (Å²) in [6, 6.07) is 18.0. The number of hydrogen-bond acceptors (Lipinski definition) is 4. The average Bonchev–Trinajstić information content (AvgIpc) is 2.99. The van der Waals surface area contributed by atoms with E-state index in [0.717, 1.165) is 15.6 Å². The van der Waals surface area contributed by atoms with Gasteiger partial charge in [-0.3, -0.25) is 0 Å². The van der Waals surface area contributed by atoms with Gasteiger partial charge in [0, 0.05) is 16.2 Å². The maximum atomic E-state index is 5.15. The van der Waals surface area contributed by atoms with Crippen LogP contribution in [0, 0.1) is 0 Å². The fourth-order valence-electron chi connectivity index (χ4n) is 1.77. The zero-order valence-electron chi connectivity index (χ0n) is 11.0. The number of anilines is 1. The summed E-state index contributed by atoms with van der Waals surface area (Å²) in [4.78, 5) is 4.28. The molecule has 0 fully saturated rings. The number of aromatic nitrogens is 2. The molecule has 1 N–H and O–H groups in total. The molecule has 0 amide bonds. The van der Waals surface area contributed by atoms with Gasteiger partial charge in [0.1, 0.15) is 0 Å². The summed E-state index contributed by atoms with van der Waals surface area (Å²) in [5, 5.41) is 6.90. The second-order valence-corrected chi connectivity index (χ2v) is 5.23. The first kappa shape index (κ1) is 13.6. The lowest BCUT2D eigenvalue weighted by atomic mass is 10.2. The zero-order chi connectivity index (χ0) is 14.5. The van der Waals surface area contributed by atoms with E-state index in [4.69, 9.17) is 4.52 Å². The Morgan fingerprint density at radius 1 is 1.00 bits per heavy atom. The molecule has 3 rings (SSSR count). The Bertz CT molecular complexity index is 736. The summed E-state index contributed by atoms with van der Waals surface area (Å²) in [6.07, 6.45) is 3.70. The molecule has 104 valence electrons. The van der Waals surface area contributed by atoms with Crippen molar-refractivity contribution in [3.8, 4) is 11.4 Å². The van der Waals surface area contributed by atoms with Gasteiger partial charge in [-0.2, -0.15) is 4.98 Å². The van der Waals surface area contributed by atoms with Gasteiger partial charge in [-0.25, -0.2) is 0 Å². The lowest BCUT2D eigenvalue weighted by molar-refractivity contribution is 0.435. The van der Waals surface area contributed by atoms with E-state index in [0.29, 0.717) is 11.8 Å². The molecule has 1 heterocycles. The molecule has 2 aromatic carbocycles. The van der Waals surface area contributed by atoms with Crippen LogP contribution in [-0.4, -0.2) is 10.1 Å². The van der Waals surface area contributed by atoms with Crippen LogP contribution < -0.4 is 5.32 Å². The maximum absolute atomic E-state index is 5.15. The molecule has 0 aliphatic heterocycles. The molecule has 0 unspecified atom stereocenters. The molecule has 1 aromatic heterocycles. The molecule has 0 atom stereocenters. The largest absolute Gasteiger partial charge is 0.325 e. The summed E-state index contributed by atoms with van der Waals surface area (Å²) in [5.41, 5.74) is 2.00. The highest BCUT2D eigenvalue weighted by Crippen LogP contribution is 2.17. The number of nitrogens with one attached hydrogen (secondary N) is 1. The Hall–Kier alpha value is -2.40. The molecule has 4 nitrogen and oxygen atoms in total. The third kappa shape index (κ3) is 3.58. The van der Waals surface area contributed by atoms with Gasteiger partial charge >= 0.3 is 6.01 Å². The highest BCUT2D eigenvalue weighted by Gasteiger charge is 2.06. The maximum Gasteiger partial charge on any atom is 0.325 e. The smallest absolute Gasteiger partial charge is 0.315 e. The van der Waals surface area contributed by atoms with Crippen molar-refractivity contribution in [3.63, 3.8) is 0 Å². The lowest BCUT2D eigenvalue weighted by Gasteiger charge is -1.94. The normalized spacial score (nSPS) is 10.9. The van der Waals surface area contributed by atoms with E-state index in [9.17, 15) is 0 Å². The Morgan fingerprint density at radius 3 is 2.52 bits per heavy atom. The number of halogens is 1. The van der Waals surface area contributed by atoms with Crippen molar-refractivity contribution in [2.75, 3.05) is 5.32 Å². The van der Waals surface area contributed by atoms with Crippen molar-refractivity contribution in [3.05, 3.63) is 70.8 Å². The first-order valence-corrected chi connectivity index (χ1v) is 7.18. The Labute approximate surface area is 130 Å². The van der Waals surface area contributed by atoms with Crippen molar-refractivity contribution >= 4 is 28.0 Å². The van der Waals surface area contributed by atoms with Gasteiger partial charge < -0.3 is 9.84 Å². The van der Waals surface area contributed by atoms with Crippen LogP contribution in [0.15, 0.2) is 69.8 Å². The standard InChI is InChI=1S/C16H12BrN3O/c17-14-8-6-12(7-9-14)10-11-18-16-19-15(20-21-16)13-4-2-1-3-5-13/h1-11H,(H,18,19,20). The summed E-state index contributed by atoms with van der Waals surface area (Å²) < 4.78 is 6.20. The van der Waals surface area contributed by atoms with Crippen molar-refractivity contribution < 1.29 is 4.52 Å². The summed E-state index contributed by atoms with van der Waals surface area (Å²) >= 11 is 3.40. The molecule has 3 aromatic rings. The molecular formula is C16H12BrN3O. The molecule has 0 aliphatic rings. The zero-order valence-corrected chi connectivity index (χ0v) is 12.6. The van der Waals surface area contributed by atoms with E-state index in [-0.39, 0.29) is 0 Å². The van der Waals surface area contributed by atoms with Crippen LogP contribution in [0.5, 0.6) is 0 Å². The second-order valence-electron chi connectivity index (χ2n) is 4.32. The summed E-state index contributed by atoms with van der Waals surface area (Å²) in [7, 11) is 0. The molecule has 5 heteroatoms. The molecule has 21 heavy (non-hydrogen) atoms.